The lowest BCUT2D eigenvalue weighted by Crippen LogP contribution is -2.17. The van der Waals surface area contributed by atoms with Crippen molar-refractivity contribution in [2.75, 3.05) is 13.9 Å². The summed E-state index contributed by atoms with van der Waals surface area (Å²) < 4.78 is 15.7. The maximum atomic E-state index is 7.41. The van der Waals surface area contributed by atoms with Crippen molar-refractivity contribution in [1.82, 2.24) is 0 Å². The van der Waals surface area contributed by atoms with Crippen LogP contribution in [0.4, 0.5) is 0 Å². The largest absolute Gasteiger partial charge is 0.495 e. The highest BCUT2D eigenvalue weighted by Crippen LogP contribution is 2.34. The molecular weight excluding hydrogens is 196 g/mol. The van der Waals surface area contributed by atoms with E-state index in [-0.39, 0.29) is 12.6 Å². The number of nitrogen functional groups attached to an aromatic ring is 1. The second-order valence-electron chi connectivity index (χ2n) is 3.15. The van der Waals surface area contributed by atoms with Gasteiger partial charge in [-0.15, -0.1) is 0 Å². The highest BCUT2D eigenvalue weighted by molar-refractivity contribution is 5.98. The van der Waals surface area contributed by atoms with Gasteiger partial charge in [-0.25, -0.2) is 0 Å². The lowest BCUT2D eigenvalue weighted by atomic mass is 10.1. The number of benzene rings is 1. The Labute approximate surface area is 87.3 Å². The third-order valence-corrected chi connectivity index (χ3v) is 2.26. The second-order valence-corrected chi connectivity index (χ2v) is 3.15. The smallest absolute Gasteiger partial charge is 0.189 e. The molecule has 3 N–H and O–H groups in total. The summed E-state index contributed by atoms with van der Waals surface area (Å²) in [5.41, 5.74) is 6.81. The molecule has 5 heteroatoms. The Morgan fingerprint density at radius 2 is 2.33 bits per heavy atom. The number of hydrogen-bond donors (Lipinski definition) is 2. The first-order valence-corrected chi connectivity index (χ1v) is 4.49. The van der Waals surface area contributed by atoms with Crippen LogP contribution in [0.25, 0.3) is 0 Å². The Kier molecular flexibility index (Phi) is 2.47. The summed E-state index contributed by atoms with van der Waals surface area (Å²) in [6.45, 7) is 0.662. The number of methoxy groups -OCH3 is 1. The summed E-state index contributed by atoms with van der Waals surface area (Å²) in [6, 6.07) is 3.49. The van der Waals surface area contributed by atoms with E-state index in [1.807, 2.05) is 0 Å². The molecular formula is C10H12N2O3. The first-order chi connectivity index (χ1) is 7.24. The van der Waals surface area contributed by atoms with Crippen LogP contribution in [-0.4, -0.2) is 19.7 Å². The third-order valence-electron chi connectivity index (χ3n) is 2.26. The SMILES string of the molecule is COc1c(C(=N)N)ccc2c1COCO2. The number of hydrogen-bond acceptors (Lipinski definition) is 4. The number of amidine groups is 1. The van der Waals surface area contributed by atoms with Gasteiger partial charge in [0.2, 0.25) is 0 Å². The topological polar surface area (TPSA) is 77.6 Å². The number of nitrogens with one attached hydrogen (secondary N) is 1. The molecule has 1 aliphatic rings. The second kappa shape index (κ2) is 3.78. The van der Waals surface area contributed by atoms with Crippen molar-refractivity contribution in [3.8, 4) is 11.5 Å². The average molecular weight is 208 g/mol. The molecule has 0 fully saturated rings. The Morgan fingerprint density at radius 3 is 3.00 bits per heavy atom. The van der Waals surface area contributed by atoms with E-state index < -0.39 is 0 Å². The van der Waals surface area contributed by atoms with Crippen LogP contribution in [0.5, 0.6) is 11.5 Å². The Morgan fingerprint density at radius 1 is 1.53 bits per heavy atom. The zero-order valence-electron chi connectivity index (χ0n) is 8.37. The van der Waals surface area contributed by atoms with Crippen LogP contribution < -0.4 is 15.2 Å². The fourth-order valence-corrected chi connectivity index (χ4v) is 1.58. The van der Waals surface area contributed by atoms with Gasteiger partial charge in [0.25, 0.3) is 0 Å². The van der Waals surface area contributed by atoms with E-state index in [0.717, 1.165) is 11.3 Å². The van der Waals surface area contributed by atoms with Gasteiger partial charge in [0, 0.05) is 0 Å². The molecule has 80 valence electrons. The van der Waals surface area contributed by atoms with Gasteiger partial charge in [-0.05, 0) is 12.1 Å². The van der Waals surface area contributed by atoms with Gasteiger partial charge < -0.3 is 19.9 Å². The molecule has 0 atom stereocenters. The molecule has 0 radical (unpaired) electrons. The predicted molar refractivity (Wildman–Crippen MR) is 54.3 cm³/mol. The molecule has 1 aromatic carbocycles. The van der Waals surface area contributed by atoms with Crippen molar-refractivity contribution in [2.24, 2.45) is 5.73 Å². The van der Waals surface area contributed by atoms with E-state index in [1.165, 1.54) is 7.11 Å². The zero-order valence-corrected chi connectivity index (χ0v) is 8.37. The van der Waals surface area contributed by atoms with Crippen LogP contribution in [0.1, 0.15) is 11.1 Å². The predicted octanol–water partition coefficient (Wildman–Crippen LogP) is 0.846. The summed E-state index contributed by atoms with van der Waals surface area (Å²) in [4.78, 5) is 0. The molecule has 0 amide bonds. The first kappa shape index (κ1) is 9.79. The fourth-order valence-electron chi connectivity index (χ4n) is 1.58. The van der Waals surface area contributed by atoms with Gasteiger partial charge >= 0.3 is 0 Å². The number of rotatable bonds is 2. The van der Waals surface area contributed by atoms with Crippen LogP contribution in [0.2, 0.25) is 0 Å². The molecule has 0 saturated carbocycles. The molecule has 0 aliphatic carbocycles. The minimum absolute atomic E-state index is 0.0276. The van der Waals surface area contributed by atoms with Gasteiger partial charge in [0.15, 0.2) is 6.79 Å². The number of ether oxygens (including phenoxy) is 3. The molecule has 0 spiro atoms. The normalized spacial score (nSPS) is 13.9. The molecule has 15 heavy (non-hydrogen) atoms. The monoisotopic (exact) mass is 208 g/mol. The molecule has 1 heterocycles. The van der Waals surface area contributed by atoms with Crippen molar-refractivity contribution in [3.05, 3.63) is 23.3 Å². The van der Waals surface area contributed by atoms with Gasteiger partial charge in [0.05, 0.1) is 24.8 Å². The van der Waals surface area contributed by atoms with Crippen molar-refractivity contribution >= 4 is 5.84 Å². The van der Waals surface area contributed by atoms with Gasteiger partial charge in [-0.1, -0.05) is 0 Å². The van der Waals surface area contributed by atoms with E-state index in [2.05, 4.69) is 0 Å². The molecule has 0 saturated heterocycles. The lowest BCUT2D eigenvalue weighted by molar-refractivity contribution is -0.0175. The third kappa shape index (κ3) is 1.61. The van der Waals surface area contributed by atoms with Crippen molar-refractivity contribution in [1.29, 1.82) is 5.41 Å². The maximum Gasteiger partial charge on any atom is 0.189 e. The van der Waals surface area contributed by atoms with Gasteiger partial charge in [-0.2, -0.15) is 0 Å². The van der Waals surface area contributed by atoms with E-state index >= 15 is 0 Å². The van der Waals surface area contributed by atoms with Crippen LogP contribution in [0.15, 0.2) is 12.1 Å². The van der Waals surface area contributed by atoms with Crippen molar-refractivity contribution in [2.45, 2.75) is 6.61 Å². The summed E-state index contributed by atoms with van der Waals surface area (Å²) in [7, 11) is 1.54. The highest BCUT2D eigenvalue weighted by Gasteiger charge is 2.19. The molecule has 1 aromatic rings. The van der Waals surface area contributed by atoms with Gasteiger partial charge in [0.1, 0.15) is 17.3 Å². The average Bonchev–Trinajstić information content (AvgIpc) is 2.27. The minimum atomic E-state index is -0.0276. The molecule has 1 aliphatic heterocycles. The first-order valence-electron chi connectivity index (χ1n) is 4.49. The summed E-state index contributed by atoms with van der Waals surface area (Å²) in [5, 5.41) is 7.41. The Bertz CT molecular complexity index is 404. The molecule has 2 rings (SSSR count). The van der Waals surface area contributed by atoms with Crippen molar-refractivity contribution in [3.63, 3.8) is 0 Å². The van der Waals surface area contributed by atoms with E-state index in [0.29, 0.717) is 17.9 Å². The quantitative estimate of drug-likeness (QED) is 0.557. The highest BCUT2D eigenvalue weighted by atomic mass is 16.7. The lowest BCUT2D eigenvalue weighted by Gasteiger charge is -2.21. The van der Waals surface area contributed by atoms with E-state index in [9.17, 15) is 0 Å². The van der Waals surface area contributed by atoms with Crippen LogP contribution in [0.3, 0.4) is 0 Å². The zero-order chi connectivity index (χ0) is 10.8. The fraction of sp³-hybridized carbons (Fsp3) is 0.300. The number of fused-ring (bicyclic) bond motifs is 1. The molecule has 5 nitrogen and oxygen atoms in total. The Balaban J connectivity index is 2.56. The molecule has 0 unspecified atom stereocenters. The molecule has 0 aromatic heterocycles. The summed E-state index contributed by atoms with van der Waals surface area (Å²) in [6.07, 6.45) is 0. The summed E-state index contributed by atoms with van der Waals surface area (Å²) >= 11 is 0. The standard InChI is InChI=1S/C10H12N2O3/c1-13-9-6(10(11)12)2-3-8-7(9)4-14-5-15-8/h2-3H,4-5H2,1H3,(H3,11,12). The molecule has 0 bridgehead atoms. The minimum Gasteiger partial charge on any atom is -0.495 e. The van der Waals surface area contributed by atoms with Crippen molar-refractivity contribution < 1.29 is 14.2 Å². The van der Waals surface area contributed by atoms with Crippen LogP contribution in [0, 0.1) is 5.41 Å². The van der Waals surface area contributed by atoms with E-state index in [4.69, 9.17) is 25.4 Å². The Hall–Kier alpha value is -1.75. The van der Waals surface area contributed by atoms with E-state index in [1.54, 1.807) is 12.1 Å². The number of nitrogens with two attached hydrogens (primary N) is 1. The van der Waals surface area contributed by atoms with Crippen LogP contribution in [-0.2, 0) is 11.3 Å². The summed E-state index contributed by atoms with van der Waals surface area (Å²) in [5.74, 6) is 1.25. The van der Waals surface area contributed by atoms with Gasteiger partial charge in [-0.3, -0.25) is 5.41 Å². The van der Waals surface area contributed by atoms with Crippen LogP contribution >= 0.6 is 0 Å². The maximum absolute atomic E-state index is 7.41.